The maximum absolute atomic E-state index is 14.5. The van der Waals surface area contributed by atoms with E-state index in [-0.39, 0.29) is 12.6 Å². The Balaban J connectivity index is 1.43. The molecule has 4 aromatic rings. The van der Waals surface area contributed by atoms with Gasteiger partial charge in [-0.15, -0.1) is 16.1 Å². The molecule has 1 atom stereocenters. The van der Waals surface area contributed by atoms with Gasteiger partial charge in [-0.3, -0.25) is 0 Å². The van der Waals surface area contributed by atoms with Crippen LogP contribution in [0.4, 0.5) is 0 Å². The number of benzene rings is 3. The Hall–Kier alpha value is -3.09. The maximum Gasteiger partial charge on any atom is 0.564 e. The molecule has 2 aliphatic rings. The Morgan fingerprint density at radius 1 is 0.951 bits per heavy atom. The van der Waals surface area contributed by atoms with Gasteiger partial charge in [-0.1, -0.05) is 77.8 Å². The van der Waals surface area contributed by atoms with Crippen molar-refractivity contribution in [3.63, 3.8) is 0 Å². The molecule has 2 heterocycles. The van der Waals surface area contributed by atoms with Gasteiger partial charge in [0.1, 0.15) is 17.3 Å². The molecule has 1 unspecified atom stereocenters. The summed E-state index contributed by atoms with van der Waals surface area (Å²) in [5.41, 5.74) is 1.18. The van der Waals surface area contributed by atoms with Gasteiger partial charge in [0.2, 0.25) is 0 Å². The molecule has 41 heavy (non-hydrogen) atoms. The molecule has 1 aliphatic heterocycles. The van der Waals surface area contributed by atoms with E-state index in [0.29, 0.717) is 42.6 Å². The molecular formula is C32H32ClN2O4PS. The second kappa shape index (κ2) is 12.4. The quantitative estimate of drug-likeness (QED) is 0.136. The highest BCUT2D eigenvalue weighted by atomic mass is 35.5. The van der Waals surface area contributed by atoms with E-state index in [0.717, 1.165) is 39.2 Å². The monoisotopic (exact) mass is 606 g/mol. The lowest BCUT2D eigenvalue weighted by Crippen LogP contribution is -2.43. The second-order valence-electron chi connectivity index (χ2n) is 10.4. The molecular weight excluding hydrogens is 575 g/mol. The summed E-state index contributed by atoms with van der Waals surface area (Å²) < 4.78 is 32.6. The molecule has 1 aliphatic carbocycles. The van der Waals surface area contributed by atoms with Crippen LogP contribution in [0, 0.1) is 5.92 Å². The Labute approximate surface area is 249 Å². The number of hydrogen-bond donors (Lipinski definition) is 1. The van der Waals surface area contributed by atoms with Crippen molar-refractivity contribution < 1.29 is 18.7 Å². The number of nitrogens with zero attached hydrogens (tertiary/aromatic N) is 2. The predicted molar refractivity (Wildman–Crippen MR) is 167 cm³/mol. The highest BCUT2D eigenvalue weighted by Gasteiger charge is 2.40. The van der Waals surface area contributed by atoms with Gasteiger partial charge in [0.25, 0.3) is 0 Å². The van der Waals surface area contributed by atoms with E-state index in [1.165, 1.54) is 5.57 Å². The van der Waals surface area contributed by atoms with Crippen LogP contribution >= 0.6 is 30.7 Å². The van der Waals surface area contributed by atoms with E-state index < -0.39 is 7.75 Å². The maximum atomic E-state index is 14.5. The van der Waals surface area contributed by atoms with Gasteiger partial charge in [-0.05, 0) is 61.9 Å². The minimum absolute atomic E-state index is 0.0828. The van der Waals surface area contributed by atoms with Gasteiger partial charge in [0, 0.05) is 28.0 Å². The summed E-state index contributed by atoms with van der Waals surface area (Å²) in [4.78, 5) is 3.28. The number of aliphatic hydroxyl groups excluding tert-OH is 1. The number of thiophene rings is 1. The summed E-state index contributed by atoms with van der Waals surface area (Å²) in [6, 6.07) is 26.3. The lowest BCUT2D eigenvalue weighted by Gasteiger charge is -2.38. The minimum Gasteiger partial charge on any atom is -0.399 e. The minimum atomic E-state index is -4.06. The van der Waals surface area contributed by atoms with Gasteiger partial charge in [0.15, 0.2) is 0 Å². The summed E-state index contributed by atoms with van der Waals surface area (Å²) in [6.07, 6.45) is 6.48. The zero-order valence-corrected chi connectivity index (χ0v) is 25.0. The van der Waals surface area contributed by atoms with Crippen molar-refractivity contribution in [1.29, 1.82) is 0 Å². The van der Waals surface area contributed by atoms with Crippen molar-refractivity contribution in [3.05, 3.63) is 106 Å². The van der Waals surface area contributed by atoms with E-state index in [2.05, 4.69) is 17.0 Å². The fourth-order valence-electron chi connectivity index (χ4n) is 5.21. The van der Waals surface area contributed by atoms with Crippen molar-refractivity contribution >= 4 is 46.6 Å². The van der Waals surface area contributed by atoms with Crippen molar-refractivity contribution in [2.24, 2.45) is 10.7 Å². The number of halogens is 1. The molecule has 1 saturated carbocycles. The van der Waals surface area contributed by atoms with Gasteiger partial charge in [0.05, 0.1) is 17.6 Å². The third-order valence-electron chi connectivity index (χ3n) is 7.33. The number of rotatable bonds is 11. The molecule has 3 aromatic carbocycles. The van der Waals surface area contributed by atoms with E-state index in [1.807, 2.05) is 54.6 Å². The lowest BCUT2D eigenvalue weighted by molar-refractivity contribution is 0.284. The van der Waals surface area contributed by atoms with Crippen LogP contribution in [0.2, 0.25) is 5.02 Å². The van der Waals surface area contributed by atoms with E-state index in [4.69, 9.17) is 25.4 Å². The number of fused-ring (bicyclic) bond motifs is 1. The van der Waals surface area contributed by atoms with Crippen molar-refractivity contribution in [1.82, 2.24) is 4.90 Å². The third-order valence-corrected chi connectivity index (χ3v) is 10.4. The SMILES string of the molecule is O=P(/N=C1/CC(CCCO)=CC(C2CC2)N1Cc1sc2ccccc2c1Cl)(Oc1ccccc1)Oc1ccccc1. The summed E-state index contributed by atoms with van der Waals surface area (Å²) in [5, 5.41) is 11.3. The number of amidine groups is 1. The Morgan fingerprint density at radius 2 is 1.59 bits per heavy atom. The van der Waals surface area contributed by atoms with Crippen LogP contribution in [0.25, 0.3) is 10.1 Å². The van der Waals surface area contributed by atoms with Crippen molar-refractivity contribution in [2.45, 2.75) is 44.7 Å². The molecule has 1 fully saturated rings. The van der Waals surface area contributed by atoms with Crippen LogP contribution in [-0.2, 0) is 11.1 Å². The second-order valence-corrected chi connectivity index (χ2v) is 13.4. The molecule has 9 heteroatoms. The smallest absolute Gasteiger partial charge is 0.399 e. The van der Waals surface area contributed by atoms with Crippen LogP contribution < -0.4 is 9.05 Å². The van der Waals surface area contributed by atoms with Gasteiger partial charge in [-0.25, -0.2) is 4.57 Å². The molecule has 6 nitrogen and oxygen atoms in total. The predicted octanol–water partition coefficient (Wildman–Crippen LogP) is 8.90. The van der Waals surface area contributed by atoms with E-state index in [9.17, 15) is 9.67 Å². The zero-order valence-electron chi connectivity index (χ0n) is 22.6. The van der Waals surface area contributed by atoms with Crippen LogP contribution in [0.3, 0.4) is 0 Å². The highest BCUT2D eigenvalue weighted by Crippen LogP contribution is 2.52. The number of hydrogen-bond acceptors (Lipinski definition) is 5. The summed E-state index contributed by atoms with van der Waals surface area (Å²) in [6.45, 7) is 0.657. The fourth-order valence-corrected chi connectivity index (χ4v) is 8.07. The molecule has 1 N–H and O–H groups in total. The van der Waals surface area contributed by atoms with Crippen LogP contribution in [-0.4, -0.2) is 28.5 Å². The van der Waals surface area contributed by atoms with Gasteiger partial charge >= 0.3 is 7.75 Å². The average molecular weight is 607 g/mol. The first kappa shape index (κ1) is 28.0. The van der Waals surface area contributed by atoms with Crippen molar-refractivity contribution in [3.8, 4) is 11.5 Å². The summed E-state index contributed by atoms with van der Waals surface area (Å²) in [7, 11) is -4.06. The molecule has 0 radical (unpaired) electrons. The van der Waals surface area contributed by atoms with Gasteiger partial charge in [-0.2, -0.15) is 0 Å². The molecule has 6 rings (SSSR count). The summed E-state index contributed by atoms with van der Waals surface area (Å²) >= 11 is 8.59. The van der Waals surface area contributed by atoms with Crippen LogP contribution in [0.5, 0.6) is 11.5 Å². The topological polar surface area (TPSA) is 71.4 Å². The number of para-hydroxylation sites is 2. The highest BCUT2D eigenvalue weighted by molar-refractivity contribution is 7.53. The largest absolute Gasteiger partial charge is 0.564 e. The lowest BCUT2D eigenvalue weighted by atomic mass is 9.95. The Morgan fingerprint density at radius 3 is 2.20 bits per heavy atom. The average Bonchev–Trinajstić information content (AvgIpc) is 3.78. The van der Waals surface area contributed by atoms with Crippen molar-refractivity contribution in [2.75, 3.05) is 6.61 Å². The van der Waals surface area contributed by atoms with E-state index >= 15 is 0 Å². The zero-order chi connectivity index (χ0) is 28.2. The van der Waals surface area contributed by atoms with Crippen LogP contribution in [0.15, 0.2) is 101 Å². The van der Waals surface area contributed by atoms with E-state index in [1.54, 1.807) is 35.6 Å². The summed E-state index contributed by atoms with van der Waals surface area (Å²) in [5.74, 6) is 1.96. The third kappa shape index (κ3) is 6.70. The molecule has 0 bridgehead atoms. The molecule has 0 amide bonds. The molecule has 0 saturated heterocycles. The molecule has 212 valence electrons. The first-order valence-electron chi connectivity index (χ1n) is 13.9. The number of aliphatic hydroxyl groups is 1. The Kier molecular flexibility index (Phi) is 8.50. The standard InChI is InChI=1S/C32H32ClN2O4PS/c33-32-27-15-7-8-16-29(27)41-30(32)22-35-28(24-17-18-24)20-23(10-9-19-36)21-31(35)34-40(37,38-25-11-3-1-4-12-25)39-26-13-5-2-6-14-26/h1-8,11-16,20,24,28,36H,9-10,17-19,21-22H2/b34-31-. The molecule has 1 aromatic heterocycles. The normalized spacial score (nSPS) is 18.5. The first-order valence-corrected chi connectivity index (χ1v) is 16.6. The fraction of sp³-hybridized carbons (Fsp3) is 0.281. The van der Waals surface area contributed by atoms with Crippen LogP contribution in [0.1, 0.15) is 37.0 Å². The first-order chi connectivity index (χ1) is 20.0. The molecule has 0 spiro atoms. The Bertz CT molecular complexity index is 1560. The van der Waals surface area contributed by atoms with Gasteiger partial charge < -0.3 is 19.1 Å².